The molecule has 0 spiro atoms. The first-order chi connectivity index (χ1) is 37.6. The van der Waals surface area contributed by atoms with Crippen LogP contribution in [0.5, 0.6) is 11.5 Å². The summed E-state index contributed by atoms with van der Waals surface area (Å²) in [5.41, 5.74) is -0.508. The van der Waals surface area contributed by atoms with Crippen molar-refractivity contribution in [2.75, 3.05) is 10.6 Å². The van der Waals surface area contributed by atoms with E-state index in [0.29, 0.717) is 5.69 Å². The second-order valence-electron chi connectivity index (χ2n) is 17.0. The van der Waals surface area contributed by atoms with Gasteiger partial charge in [-0.15, -0.1) is 25.2 Å². The van der Waals surface area contributed by atoms with Gasteiger partial charge in [0.05, 0.1) is 31.0 Å². The Labute approximate surface area is 442 Å². The summed E-state index contributed by atoms with van der Waals surface area (Å²) in [6.07, 6.45) is 0. The lowest BCUT2D eigenvalue weighted by Gasteiger charge is -2.17. The lowest BCUT2D eigenvalue weighted by atomic mass is 9.92. The number of azo groups is 2. The van der Waals surface area contributed by atoms with Gasteiger partial charge >= 0.3 is 0 Å². The predicted molar refractivity (Wildman–Crippen MR) is 288 cm³/mol. The van der Waals surface area contributed by atoms with Crippen LogP contribution in [0.1, 0.15) is 55.1 Å². The molecule has 0 aliphatic rings. The molecule has 4 N–H and O–H groups in total. The number of nitro groups is 3. The number of non-ortho nitro benzene ring substituents is 3. The number of phenols is 2. The third-order valence-electron chi connectivity index (χ3n) is 12.1. The maximum atomic E-state index is 13.8. The smallest absolute Gasteiger partial charge is 0.271 e. The Bertz CT molecular complexity index is 4030. The molecular weight excluding hydrogens is 1030 g/mol. The zero-order valence-electron chi connectivity index (χ0n) is 39.7. The summed E-state index contributed by atoms with van der Waals surface area (Å²) in [5, 5.41) is 88.1. The van der Waals surface area contributed by atoms with E-state index in [1.165, 1.54) is 127 Å². The van der Waals surface area contributed by atoms with Gasteiger partial charge in [-0.05, 0) is 94.2 Å². The largest absolute Gasteiger partial charge is 0.505 e. The van der Waals surface area contributed by atoms with Crippen LogP contribution >= 0.6 is 11.6 Å². The van der Waals surface area contributed by atoms with E-state index in [2.05, 4.69) is 41.4 Å². The number of aromatic hydroxyl groups is 2. The summed E-state index contributed by atoms with van der Waals surface area (Å²) in [6, 6.07) is 37.2. The van der Waals surface area contributed by atoms with Gasteiger partial charge in [-0.1, -0.05) is 88.7 Å². The van der Waals surface area contributed by atoms with Crippen LogP contribution in [0.3, 0.4) is 0 Å². The number of fused-ring (bicyclic) bond motifs is 2. The molecule has 0 aliphatic heterocycles. The van der Waals surface area contributed by atoms with Crippen LogP contribution in [0.25, 0.3) is 21.5 Å². The van der Waals surface area contributed by atoms with Crippen molar-refractivity contribution in [3.63, 3.8) is 0 Å². The number of benzene rings is 9. The average Bonchev–Trinajstić information content (AvgIpc) is 3.56. The molecule has 0 saturated carbocycles. The highest BCUT2D eigenvalue weighted by molar-refractivity contribution is 6.33. The molecule has 9 aromatic rings. The summed E-state index contributed by atoms with van der Waals surface area (Å²) in [7, 11) is 0. The van der Waals surface area contributed by atoms with Crippen molar-refractivity contribution >= 4 is 96.1 Å². The van der Waals surface area contributed by atoms with Gasteiger partial charge in [-0.2, -0.15) is 5.11 Å². The number of nitrogens with zero attached hydrogens (tertiary/aromatic N) is 9. The number of carbonyl (C=O) groups is 2. The van der Waals surface area contributed by atoms with Gasteiger partial charge in [0.25, 0.3) is 28.9 Å². The molecular formula is C54H34ClN11O12. The van der Waals surface area contributed by atoms with Gasteiger partial charge in [0, 0.05) is 69.7 Å². The van der Waals surface area contributed by atoms with Gasteiger partial charge in [-0.3, -0.25) is 39.9 Å². The monoisotopic (exact) mass is 1060 g/mol. The minimum absolute atomic E-state index is 0.0132. The molecule has 0 heterocycles. The molecule has 23 nitrogen and oxygen atoms in total. The number of hydrogen-bond donors (Lipinski definition) is 4. The van der Waals surface area contributed by atoms with E-state index >= 15 is 0 Å². The van der Waals surface area contributed by atoms with E-state index in [9.17, 15) is 60.0 Å². The predicted octanol–water partition coefficient (Wildman–Crippen LogP) is 14.8. The Morgan fingerprint density at radius 1 is 0.500 bits per heavy atom. The molecule has 78 heavy (non-hydrogen) atoms. The first-order valence-electron chi connectivity index (χ1n) is 22.9. The molecule has 0 saturated heterocycles. The number of anilines is 2. The molecule has 2 unspecified atom stereocenters. The van der Waals surface area contributed by atoms with E-state index in [-0.39, 0.29) is 105 Å². The molecule has 0 radical (unpaired) electrons. The molecule has 2 atom stereocenters. The summed E-state index contributed by atoms with van der Waals surface area (Å²) >= 11 is 6.73. The van der Waals surface area contributed by atoms with E-state index < -0.39 is 50.2 Å². The van der Waals surface area contributed by atoms with Crippen molar-refractivity contribution in [3.8, 4) is 11.5 Å². The lowest BCUT2D eigenvalue weighted by molar-refractivity contribution is -0.385. The number of para-hydroxylation sites is 1. The summed E-state index contributed by atoms with van der Waals surface area (Å²) in [5.74, 6) is -2.59. The normalized spacial score (nSPS) is 12.1. The van der Waals surface area contributed by atoms with Gasteiger partial charge in [0.2, 0.25) is 0 Å². The molecule has 384 valence electrons. The van der Waals surface area contributed by atoms with Gasteiger partial charge in [-0.25, -0.2) is 0 Å². The second-order valence-corrected chi connectivity index (χ2v) is 17.4. The highest BCUT2D eigenvalue weighted by atomic mass is 35.5. The van der Waals surface area contributed by atoms with E-state index in [1.54, 1.807) is 30.3 Å². The zero-order valence-corrected chi connectivity index (χ0v) is 40.5. The number of nitrogens with one attached hydrogen (secondary N) is 2. The average molecular weight is 1060 g/mol. The molecule has 24 heteroatoms. The number of halogens is 1. The Morgan fingerprint density at radius 2 is 1.05 bits per heavy atom. The molecule has 0 bridgehead atoms. The lowest BCUT2D eigenvalue weighted by Crippen LogP contribution is -2.13. The molecule has 0 fully saturated rings. The maximum absolute atomic E-state index is 13.8. The van der Waals surface area contributed by atoms with Crippen molar-refractivity contribution in [2.24, 2.45) is 30.8 Å². The second kappa shape index (κ2) is 22.2. The minimum atomic E-state index is -1.54. The zero-order chi connectivity index (χ0) is 55.2. The van der Waals surface area contributed by atoms with Crippen molar-refractivity contribution in [2.45, 2.75) is 12.1 Å². The van der Waals surface area contributed by atoms with Gasteiger partial charge in [0.1, 0.15) is 34.9 Å². The number of amides is 2. The van der Waals surface area contributed by atoms with Crippen molar-refractivity contribution in [1.82, 2.24) is 0 Å². The van der Waals surface area contributed by atoms with E-state index in [1.807, 2.05) is 0 Å². The van der Waals surface area contributed by atoms with Crippen LogP contribution in [0.15, 0.2) is 201 Å². The summed E-state index contributed by atoms with van der Waals surface area (Å²) in [4.78, 5) is 84.8. The molecule has 9 aromatic carbocycles. The first kappa shape index (κ1) is 51.8. The number of rotatable bonds is 17. The van der Waals surface area contributed by atoms with Crippen LogP contribution in [0.4, 0.5) is 51.2 Å². The van der Waals surface area contributed by atoms with Crippen molar-refractivity contribution in [3.05, 3.63) is 248 Å². The Balaban J connectivity index is 1.09. The highest BCUT2D eigenvalue weighted by Gasteiger charge is 2.27. The summed E-state index contributed by atoms with van der Waals surface area (Å²) in [6.45, 7) is 0. The number of carbonyl (C=O) groups excluding carboxylic acids is 2. The minimum Gasteiger partial charge on any atom is -0.505 e. The van der Waals surface area contributed by atoms with Crippen LogP contribution in [0.2, 0.25) is 5.02 Å². The van der Waals surface area contributed by atoms with E-state index in [0.717, 1.165) is 12.1 Å². The maximum Gasteiger partial charge on any atom is 0.271 e. The van der Waals surface area contributed by atoms with E-state index in [4.69, 9.17) is 11.6 Å². The number of nitroso groups, excluding NO2 is 2. The van der Waals surface area contributed by atoms with Crippen LogP contribution in [-0.2, 0) is 0 Å². The Hall–Kier alpha value is -11.1. The van der Waals surface area contributed by atoms with Crippen LogP contribution < -0.4 is 10.6 Å². The molecule has 0 aliphatic carbocycles. The topological polar surface area (TPSA) is 336 Å². The first-order valence-corrected chi connectivity index (χ1v) is 23.3. The molecule has 9 rings (SSSR count). The number of phenolic OH excluding ortho intramolecular Hbond substituents is 2. The number of nitro benzene ring substituents is 3. The van der Waals surface area contributed by atoms with Crippen molar-refractivity contribution in [1.29, 1.82) is 0 Å². The van der Waals surface area contributed by atoms with Crippen molar-refractivity contribution < 1.29 is 34.6 Å². The fourth-order valence-corrected chi connectivity index (χ4v) is 8.60. The Kier molecular flexibility index (Phi) is 14.7. The highest BCUT2D eigenvalue weighted by Crippen LogP contribution is 2.47. The van der Waals surface area contributed by atoms with Crippen LogP contribution in [0, 0.1) is 40.2 Å². The standard InChI is InChI=1S/C54H34ClN11O12/c55-45-28-37(58-60-50-42-19-16-32(53(69)56-35-9-2-1-3-10-35)22-34(42)26-44(52(50)68)54(70)57-36-11-6-14-40(27-36)66(77)78)17-20-46(45)59-61-49-41-18-15-31(47(62-71)29-7-4-12-38(23-29)64(73)74)21-33(41)25-43(51(49)67)48(63-72)30-8-5-13-39(24-30)65(75)76/h1-28,47-48,67-68H,(H,56,69)(H,57,70). The SMILES string of the molecule is O=NC(c1cccc([N+](=O)[O-])c1)c1ccc2c(N=Nc3ccc(N=Nc4c(O)c(C(=O)Nc5cccc([N+](=O)[O-])c5)cc5cc(C(=O)Nc6ccccc6)ccc45)cc3Cl)c(O)c(C(N=O)c3cccc([N+](=O)[O-])c3)cc2c1. The van der Waals surface area contributed by atoms with Gasteiger partial charge in [0.15, 0.2) is 5.75 Å². The fourth-order valence-electron chi connectivity index (χ4n) is 8.39. The Morgan fingerprint density at radius 3 is 1.69 bits per heavy atom. The summed E-state index contributed by atoms with van der Waals surface area (Å²) < 4.78 is 0. The third-order valence-corrected chi connectivity index (χ3v) is 12.5. The number of hydrogen-bond acceptors (Lipinski definition) is 18. The van der Waals surface area contributed by atoms with Gasteiger partial charge < -0.3 is 20.8 Å². The third kappa shape index (κ3) is 10.9. The van der Waals surface area contributed by atoms with Crippen LogP contribution in [-0.4, -0.2) is 36.8 Å². The molecule has 2 amide bonds. The fraction of sp³-hybridized carbons (Fsp3) is 0.0370. The molecule has 0 aromatic heterocycles. The quantitative estimate of drug-likeness (QED) is 0.0286.